The van der Waals surface area contributed by atoms with E-state index in [9.17, 15) is 4.79 Å². The van der Waals surface area contributed by atoms with Gasteiger partial charge in [-0.15, -0.1) is 0 Å². The SMILES string of the molecule is CCC1(N2CCN(c3cccc4c3OC(C)(C)C4)CC2)CNC(=O)N1c1ccccc1. The minimum atomic E-state index is -0.332. The Labute approximate surface area is 184 Å². The highest BCUT2D eigenvalue weighted by atomic mass is 16.5. The van der Waals surface area contributed by atoms with Crippen LogP contribution in [0.3, 0.4) is 0 Å². The molecule has 3 heterocycles. The van der Waals surface area contributed by atoms with E-state index in [1.807, 2.05) is 35.2 Å². The van der Waals surface area contributed by atoms with Gasteiger partial charge in [0, 0.05) is 43.9 Å². The van der Waals surface area contributed by atoms with E-state index in [-0.39, 0.29) is 17.3 Å². The third-order valence-corrected chi connectivity index (χ3v) is 7.00. The summed E-state index contributed by atoms with van der Waals surface area (Å²) in [5.74, 6) is 1.05. The van der Waals surface area contributed by atoms with E-state index >= 15 is 0 Å². The zero-order chi connectivity index (χ0) is 21.6. The Morgan fingerprint density at radius 3 is 2.45 bits per heavy atom. The van der Waals surface area contributed by atoms with Crippen molar-refractivity contribution in [1.82, 2.24) is 10.2 Å². The van der Waals surface area contributed by atoms with Crippen molar-refractivity contribution >= 4 is 17.4 Å². The van der Waals surface area contributed by atoms with Crippen LogP contribution in [0.5, 0.6) is 5.75 Å². The Morgan fingerprint density at radius 2 is 1.74 bits per heavy atom. The molecule has 2 aromatic carbocycles. The Balaban J connectivity index is 1.37. The molecule has 1 atom stereocenters. The maximum absolute atomic E-state index is 12.8. The molecule has 2 saturated heterocycles. The average molecular weight is 421 g/mol. The molecule has 2 aromatic rings. The molecule has 31 heavy (non-hydrogen) atoms. The number of amides is 2. The molecule has 1 N–H and O–H groups in total. The van der Waals surface area contributed by atoms with Crippen molar-refractivity contribution in [2.24, 2.45) is 0 Å². The van der Waals surface area contributed by atoms with Gasteiger partial charge in [0.15, 0.2) is 0 Å². The first-order valence-corrected chi connectivity index (χ1v) is 11.4. The monoisotopic (exact) mass is 420 g/mol. The number of carbonyl (C=O) groups excluding carboxylic acids is 1. The topological polar surface area (TPSA) is 48.1 Å². The van der Waals surface area contributed by atoms with Crippen LogP contribution >= 0.6 is 0 Å². The Bertz CT molecular complexity index is 969. The van der Waals surface area contributed by atoms with Crippen LogP contribution in [0.1, 0.15) is 32.8 Å². The quantitative estimate of drug-likeness (QED) is 0.816. The van der Waals surface area contributed by atoms with Gasteiger partial charge >= 0.3 is 6.03 Å². The van der Waals surface area contributed by atoms with Gasteiger partial charge in [-0.05, 0) is 38.5 Å². The fourth-order valence-corrected chi connectivity index (χ4v) is 5.47. The highest BCUT2D eigenvalue weighted by Crippen LogP contribution is 2.43. The molecule has 2 amide bonds. The van der Waals surface area contributed by atoms with Gasteiger partial charge in [-0.25, -0.2) is 4.79 Å². The number of para-hydroxylation sites is 2. The molecule has 2 fully saturated rings. The molecule has 0 radical (unpaired) electrons. The fourth-order valence-electron chi connectivity index (χ4n) is 5.47. The molecule has 0 bridgehead atoms. The lowest BCUT2D eigenvalue weighted by atomic mass is 10.0. The smallest absolute Gasteiger partial charge is 0.323 e. The largest absolute Gasteiger partial charge is 0.485 e. The molecule has 0 aromatic heterocycles. The summed E-state index contributed by atoms with van der Waals surface area (Å²) in [4.78, 5) is 19.7. The predicted molar refractivity (Wildman–Crippen MR) is 124 cm³/mol. The second-order valence-electron chi connectivity index (χ2n) is 9.44. The molecule has 0 spiro atoms. The number of nitrogens with one attached hydrogen (secondary N) is 1. The third kappa shape index (κ3) is 3.33. The number of hydrogen-bond donors (Lipinski definition) is 1. The van der Waals surface area contributed by atoms with E-state index in [1.165, 1.54) is 11.3 Å². The average Bonchev–Trinajstić information content (AvgIpc) is 3.29. The molecule has 1 unspecified atom stereocenters. The van der Waals surface area contributed by atoms with Crippen LogP contribution in [0.15, 0.2) is 48.5 Å². The van der Waals surface area contributed by atoms with E-state index in [0.29, 0.717) is 6.54 Å². The highest BCUT2D eigenvalue weighted by Gasteiger charge is 2.50. The van der Waals surface area contributed by atoms with Gasteiger partial charge in [0.05, 0.1) is 12.2 Å². The lowest BCUT2D eigenvalue weighted by Gasteiger charge is -2.49. The van der Waals surface area contributed by atoms with Crippen LogP contribution in [-0.4, -0.2) is 54.9 Å². The summed E-state index contributed by atoms with van der Waals surface area (Å²) in [5.41, 5.74) is 2.99. The second kappa shape index (κ2) is 7.45. The van der Waals surface area contributed by atoms with Gasteiger partial charge in [-0.2, -0.15) is 0 Å². The van der Waals surface area contributed by atoms with Crippen molar-refractivity contribution in [2.45, 2.75) is 44.9 Å². The summed E-state index contributed by atoms with van der Waals surface area (Å²) in [7, 11) is 0. The summed E-state index contributed by atoms with van der Waals surface area (Å²) in [6, 6.07) is 16.5. The van der Waals surface area contributed by atoms with Crippen molar-refractivity contribution in [3.05, 3.63) is 54.1 Å². The minimum Gasteiger partial charge on any atom is -0.485 e. The minimum absolute atomic E-state index is 0.00742. The maximum Gasteiger partial charge on any atom is 0.323 e. The highest BCUT2D eigenvalue weighted by molar-refractivity contribution is 5.96. The summed E-state index contributed by atoms with van der Waals surface area (Å²) in [6.45, 7) is 10.8. The van der Waals surface area contributed by atoms with E-state index in [1.54, 1.807) is 0 Å². The predicted octanol–water partition coefficient (Wildman–Crippen LogP) is 3.86. The van der Waals surface area contributed by atoms with Crippen LogP contribution in [0.4, 0.5) is 16.2 Å². The molecule has 0 saturated carbocycles. The van der Waals surface area contributed by atoms with Crippen molar-refractivity contribution in [1.29, 1.82) is 0 Å². The van der Waals surface area contributed by atoms with Crippen LogP contribution in [-0.2, 0) is 6.42 Å². The van der Waals surface area contributed by atoms with Crippen LogP contribution < -0.4 is 19.9 Å². The molecule has 3 aliphatic rings. The number of hydrogen-bond acceptors (Lipinski definition) is 4. The fraction of sp³-hybridized carbons (Fsp3) is 0.480. The first-order chi connectivity index (χ1) is 14.9. The molecule has 5 rings (SSSR count). The molecular weight excluding hydrogens is 388 g/mol. The summed E-state index contributed by atoms with van der Waals surface area (Å²) in [6.07, 6.45) is 1.83. The lowest BCUT2D eigenvalue weighted by Crippen LogP contribution is -2.64. The van der Waals surface area contributed by atoms with Gasteiger partial charge in [0.2, 0.25) is 0 Å². The summed E-state index contributed by atoms with van der Waals surface area (Å²) in [5, 5.41) is 3.10. The second-order valence-corrected chi connectivity index (χ2v) is 9.44. The normalized spacial score (nSPS) is 25.3. The first kappa shape index (κ1) is 20.2. The lowest BCUT2D eigenvalue weighted by molar-refractivity contribution is 0.0948. The van der Waals surface area contributed by atoms with E-state index in [2.05, 4.69) is 54.1 Å². The van der Waals surface area contributed by atoms with Gasteiger partial charge in [0.1, 0.15) is 17.0 Å². The molecule has 3 aliphatic heterocycles. The number of rotatable bonds is 4. The zero-order valence-corrected chi connectivity index (χ0v) is 18.7. The number of benzene rings is 2. The van der Waals surface area contributed by atoms with E-state index < -0.39 is 0 Å². The van der Waals surface area contributed by atoms with E-state index in [4.69, 9.17) is 4.74 Å². The number of nitrogens with zero attached hydrogens (tertiary/aromatic N) is 3. The molecule has 6 heteroatoms. The number of carbonyl (C=O) groups is 1. The zero-order valence-electron chi connectivity index (χ0n) is 18.7. The number of fused-ring (bicyclic) bond motifs is 1. The number of anilines is 2. The van der Waals surface area contributed by atoms with Crippen molar-refractivity contribution in [3.8, 4) is 5.75 Å². The van der Waals surface area contributed by atoms with Gasteiger partial charge < -0.3 is 15.0 Å². The molecule has 6 nitrogen and oxygen atoms in total. The number of urea groups is 1. The Hall–Kier alpha value is -2.73. The Morgan fingerprint density at radius 1 is 1.00 bits per heavy atom. The van der Waals surface area contributed by atoms with Gasteiger partial charge in [0.25, 0.3) is 0 Å². The molecular formula is C25H32N4O2. The number of piperazine rings is 1. The van der Waals surface area contributed by atoms with Crippen LogP contribution in [0, 0.1) is 0 Å². The third-order valence-electron chi connectivity index (χ3n) is 7.00. The van der Waals surface area contributed by atoms with Crippen LogP contribution in [0.2, 0.25) is 0 Å². The molecule has 164 valence electrons. The molecule has 0 aliphatic carbocycles. The van der Waals surface area contributed by atoms with Crippen LogP contribution in [0.25, 0.3) is 0 Å². The van der Waals surface area contributed by atoms with Crippen molar-refractivity contribution < 1.29 is 9.53 Å². The Kier molecular flexibility index (Phi) is 4.85. The standard InChI is InChI=1S/C25H32N4O2/c1-4-25(18-26-23(30)29(25)20-10-6-5-7-11-20)28-15-13-27(14-16-28)21-12-8-9-19-17-24(2,3)31-22(19)21/h5-12H,4,13-18H2,1-3H3,(H,26,30). The summed E-state index contributed by atoms with van der Waals surface area (Å²) < 4.78 is 6.32. The summed E-state index contributed by atoms with van der Waals surface area (Å²) >= 11 is 0. The van der Waals surface area contributed by atoms with Crippen molar-refractivity contribution in [2.75, 3.05) is 42.5 Å². The van der Waals surface area contributed by atoms with Gasteiger partial charge in [-0.3, -0.25) is 9.80 Å². The first-order valence-electron chi connectivity index (χ1n) is 11.4. The van der Waals surface area contributed by atoms with Crippen molar-refractivity contribution in [3.63, 3.8) is 0 Å². The van der Waals surface area contributed by atoms with E-state index in [0.717, 1.165) is 50.5 Å². The van der Waals surface area contributed by atoms with Gasteiger partial charge in [-0.1, -0.05) is 37.3 Å². The maximum atomic E-state index is 12.8. The number of ether oxygens (including phenoxy) is 1.